The van der Waals surface area contributed by atoms with Gasteiger partial charge in [-0.15, -0.1) is 0 Å². The van der Waals surface area contributed by atoms with Crippen LogP contribution in [0.4, 0.5) is 9.18 Å². The predicted molar refractivity (Wildman–Crippen MR) is 96.0 cm³/mol. The Balaban J connectivity index is 3.36. The summed E-state index contributed by atoms with van der Waals surface area (Å²) in [4.78, 5) is 48.6. The highest BCUT2D eigenvalue weighted by Crippen LogP contribution is 2.33. The highest BCUT2D eigenvalue weighted by molar-refractivity contribution is 6.34. The van der Waals surface area contributed by atoms with Crippen molar-refractivity contribution in [1.29, 1.82) is 0 Å². The van der Waals surface area contributed by atoms with E-state index in [-0.39, 0.29) is 24.7 Å². The van der Waals surface area contributed by atoms with Gasteiger partial charge >= 0.3 is 17.9 Å². The van der Waals surface area contributed by atoms with Gasteiger partial charge in [0.15, 0.2) is 0 Å². The first-order valence-corrected chi connectivity index (χ1v) is 8.90. The number of hydrogen-bond acceptors (Lipinski definition) is 5. The molecule has 0 saturated heterocycles. The summed E-state index contributed by atoms with van der Waals surface area (Å²) in [5.74, 6) is -2.48. The van der Waals surface area contributed by atoms with Crippen molar-refractivity contribution < 1.29 is 28.3 Å². The first kappa shape index (κ1) is 22.9. The molecule has 154 valence electrons. The monoisotopic (exact) mass is 387 g/mol. The van der Waals surface area contributed by atoms with Gasteiger partial charge in [-0.3, -0.25) is 9.59 Å². The fraction of sp³-hybridized carbons (Fsp3) is 0.778. The summed E-state index contributed by atoms with van der Waals surface area (Å²) in [5, 5.41) is 1.63. The molecular weight excluding hydrogens is 357 g/mol. The molecule has 8 nitrogen and oxygen atoms in total. The molecule has 1 fully saturated rings. The van der Waals surface area contributed by atoms with Gasteiger partial charge in [-0.1, -0.05) is 20.8 Å². The summed E-state index contributed by atoms with van der Waals surface area (Å²) in [5.41, 5.74) is 3.84. The van der Waals surface area contributed by atoms with Crippen molar-refractivity contribution in [2.45, 2.75) is 84.7 Å². The third-order valence-electron chi connectivity index (χ3n) is 3.93. The number of hydrazine groups is 1. The molecule has 27 heavy (non-hydrogen) atoms. The molecule has 9 heteroatoms. The quantitative estimate of drug-likeness (QED) is 0.450. The summed E-state index contributed by atoms with van der Waals surface area (Å²) in [7, 11) is 0. The fourth-order valence-electron chi connectivity index (χ4n) is 2.79. The van der Waals surface area contributed by atoms with Crippen molar-refractivity contribution in [1.82, 2.24) is 10.0 Å². The molecule has 1 saturated carbocycles. The van der Waals surface area contributed by atoms with Crippen LogP contribution in [0.25, 0.3) is 0 Å². The van der Waals surface area contributed by atoms with E-state index in [1.165, 1.54) is 0 Å². The number of hydrogen-bond donors (Lipinski definition) is 1. The van der Waals surface area contributed by atoms with Crippen LogP contribution in [0, 0.1) is 5.41 Å². The molecule has 0 heterocycles. The van der Waals surface area contributed by atoms with Crippen LogP contribution < -0.4 is 5.73 Å². The third-order valence-corrected chi connectivity index (χ3v) is 3.93. The number of carbonyl (C=O) groups is 4. The van der Waals surface area contributed by atoms with E-state index in [0.29, 0.717) is 6.29 Å². The fourth-order valence-corrected chi connectivity index (χ4v) is 2.79. The zero-order valence-electron chi connectivity index (χ0n) is 16.8. The maximum Gasteiger partial charge on any atom is 0.430 e. The van der Waals surface area contributed by atoms with Gasteiger partial charge in [0.1, 0.15) is 24.1 Å². The van der Waals surface area contributed by atoms with E-state index in [2.05, 4.69) is 0 Å². The molecule has 1 atom stereocenters. The van der Waals surface area contributed by atoms with E-state index in [4.69, 9.17) is 10.5 Å². The van der Waals surface area contributed by atoms with Gasteiger partial charge in [-0.05, 0) is 32.6 Å². The number of nitrogens with two attached hydrogens (primary N) is 1. The van der Waals surface area contributed by atoms with E-state index in [1.54, 1.807) is 20.8 Å². The molecule has 1 aliphatic rings. The van der Waals surface area contributed by atoms with E-state index in [1.807, 2.05) is 20.8 Å². The van der Waals surface area contributed by atoms with Crippen LogP contribution in [-0.4, -0.2) is 58.1 Å². The first-order chi connectivity index (χ1) is 12.2. The topological polar surface area (TPSA) is 110 Å². The summed E-state index contributed by atoms with van der Waals surface area (Å²) in [6, 6.07) is -1.84. The van der Waals surface area contributed by atoms with Crippen LogP contribution in [0.5, 0.6) is 0 Å². The SMILES string of the molecule is CC(C)(C)C[C@@H](C=O)N(C(=O)OC(C)(C)C)N(C(=O)C(N)=O)C1CC(F)C1. The lowest BCUT2D eigenvalue weighted by atomic mass is 9.87. The van der Waals surface area contributed by atoms with Crippen molar-refractivity contribution in [2.24, 2.45) is 11.1 Å². The number of primary amides is 1. The van der Waals surface area contributed by atoms with Crippen LogP contribution in [0.3, 0.4) is 0 Å². The Hall–Kier alpha value is -2.19. The maximum atomic E-state index is 13.4. The van der Waals surface area contributed by atoms with Gasteiger partial charge in [-0.25, -0.2) is 19.2 Å². The largest absolute Gasteiger partial charge is 0.442 e. The van der Waals surface area contributed by atoms with Crippen molar-refractivity contribution in [3.05, 3.63) is 0 Å². The lowest BCUT2D eigenvalue weighted by Crippen LogP contribution is -2.65. The lowest BCUT2D eigenvalue weighted by molar-refractivity contribution is -0.172. The second kappa shape index (κ2) is 8.22. The molecule has 0 aromatic rings. The summed E-state index contributed by atoms with van der Waals surface area (Å²) < 4.78 is 18.8. The molecule has 0 aliphatic heterocycles. The molecule has 1 rings (SSSR count). The second-order valence-corrected chi connectivity index (χ2v) is 9.03. The number of rotatable bonds is 4. The van der Waals surface area contributed by atoms with Crippen molar-refractivity contribution in [2.75, 3.05) is 0 Å². The van der Waals surface area contributed by atoms with Crippen LogP contribution in [-0.2, 0) is 19.1 Å². The van der Waals surface area contributed by atoms with E-state index >= 15 is 0 Å². The predicted octanol–water partition coefficient (Wildman–Crippen LogP) is 1.96. The van der Waals surface area contributed by atoms with Crippen LogP contribution in [0.1, 0.15) is 60.8 Å². The average molecular weight is 387 g/mol. The number of amides is 3. The molecule has 3 amide bonds. The Kier molecular flexibility index (Phi) is 6.96. The molecule has 0 bridgehead atoms. The Bertz CT molecular complexity index is 591. The normalized spacial score (nSPS) is 20.9. The van der Waals surface area contributed by atoms with E-state index < -0.39 is 41.8 Å². The lowest BCUT2D eigenvalue weighted by Gasteiger charge is -2.46. The summed E-state index contributed by atoms with van der Waals surface area (Å²) in [6.45, 7) is 10.5. The molecule has 0 radical (unpaired) electrons. The van der Waals surface area contributed by atoms with Gasteiger partial charge < -0.3 is 15.3 Å². The Morgan fingerprint density at radius 3 is 2.04 bits per heavy atom. The first-order valence-electron chi connectivity index (χ1n) is 8.90. The van der Waals surface area contributed by atoms with Gasteiger partial charge in [-0.2, -0.15) is 0 Å². The van der Waals surface area contributed by atoms with Gasteiger partial charge in [0, 0.05) is 12.8 Å². The molecule has 0 aromatic carbocycles. The minimum Gasteiger partial charge on any atom is -0.442 e. The minimum absolute atomic E-state index is 0.0561. The number of carbonyl (C=O) groups excluding carboxylic acids is 4. The van der Waals surface area contributed by atoms with E-state index in [9.17, 15) is 23.6 Å². The Labute approximate surface area is 159 Å². The smallest absolute Gasteiger partial charge is 0.430 e. The zero-order valence-corrected chi connectivity index (χ0v) is 16.8. The molecule has 0 spiro atoms. The molecule has 1 aliphatic carbocycles. The summed E-state index contributed by atoms with van der Waals surface area (Å²) >= 11 is 0. The molecule has 2 N–H and O–H groups in total. The maximum absolute atomic E-state index is 13.4. The number of ether oxygens (including phenoxy) is 1. The minimum atomic E-state index is -1.30. The number of aldehydes is 1. The Morgan fingerprint density at radius 1 is 1.19 bits per heavy atom. The highest BCUT2D eigenvalue weighted by atomic mass is 19.1. The standard InChI is InChI=1S/C18H30FN3O5/c1-17(2,3)9-13(10-23)22(16(26)27-18(4,5)6)21(15(25)14(20)24)12-7-11(19)8-12/h10-13H,7-9H2,1-6H3,(H2,20,24)/t11?,12?,13-/m0/s1. The van der Waals surface area contributed by atoms with Crippen molar-refractivity contribution in [3.63, 3.8) is 0 Å². The zero-order chi connectivity index (χ0) is 21.2. The van der Waals surface area contributed by atoms with Crippen LogP contribution in [0.15, 0.2) is 0 Å². The average Bonchev–Trinajstić information content (AvgIpc) is 2.44. The molecule has 0 aromatic heterocycles. The van der Waals surface area contributed by atoms with Crippen molar-refractivity contribution >= 4 is 24.2 Å². The summed E-state index contributed by atoms with van der Waals surface area (Å²) in [6.07, 6.45) is -1.53. The van der Waals surface area contributed by atoms with Crippen LogP contribution >= 0.6 is 0 Å². The third kappa shape index (κ3) is 6.48. The number of alkyl halides is 1. The van der Waals surface area contributed by atoms with Gasteiger partial charge in [0.2, 0.25) is 0 Å². The molecule has 0 unspecified atom stereocenters. The highest BCUT2D eigenvalue weighted by Gasteiger charge is 2.46. The van der Waals surface area contributed by atoms with Gasteiger partial charge in [0.05, 0.1) is 6.04 Å². The Morgan fingerprint density at radius 2 is 1.70 bits per heavy atom. The number of halogens is 1. The number of nitrogens with zero attached hydrogens (tertiary/aromatic N) is 2. The van der Waals surface area contributed by atoms with Crippen molar-refractivity contribution in [3.8, 4) is 0 Å². The van der Waals surface area contributed by atoms with Gasteiger partial charge in [0.25, 0.3) is 0 Å². The second-order valence-electron chi connectivity index (χ2n) is 9.03. The molecular formula is C18H30FN3O5. The van der Waals surface area contributed by atoms with E-state index in [0.717, 1.165) is 10.0 Å². The van der Waals surface area contributed by atoms with Crippen LogP contribution in [0.2, 0.25) is 0 Å².